The van der Waals surface area contributed by atoms with Crippen LogP contribution in [0.1, 0.15) is 0 Å². The molecule has 1 aromatic rings. The van der Waals surface area contributed by atoms with E-state index in [1.54, 1.807) is 5.82 Å². The van der Waals surface area contributed by atoms with Crippen molar-refractivity contribution in [3.63, 3.8) is 0 Å². The highest BCUT2D eigenvalue weighted by atomic mass is 31.1. The summed E-state index contributed by atoms with van der Waals surface area (Å²) in [5.74, 6) is 2.66. The van der Waals surface area contributed by atoms with E-state index in [1.807, 2.05) is 30.3 Å². The molecule has 0 radical (unpaired) electrons. The van der Waals surface area contributed by atoms with Crippen LogP contribution in [-0.2, 0) is 0 Å². The van der Waals surface area contributed by atoms with E-state index in [4.69, 9.17) is 4.52 Å². The maximum atomic E-state index is 5.26. The zero-order chi connectivity index (χ0) is 7.23. The molecule has 0 N–H and O–H groups in total. The normalized spacial score (nSPS) is 10.0. The predicted octanol–water partition coefficient (Wildman–Crippen LogP) is 2.80. The van der Waals surface area contributed by atoms with Crippen molar-refractivity contribution in [1.82, 2.24) is 0 Å². The van der Waals surface area contributed by atoms with Gasteiger partial charge in [0, 0.05) is 0 Å². The minimum Gasteiger partial charge on any atom is -0.473 e. The van der Waals surface area contributed by atoms with E-state index >= 15 is 0 Å². The molecule has 52 valence electrons. The molecule has 1 nitrogen and oxygen atoms in total. The molecular formula is C8H9OP. The lowest BCUT2D eigenvalue weighted by Gasteiger charge is -1.99. The summed E-state index contributed by atoms with van der Waals surface area (Å²) in [4.78, 5) is 0. The highest BCUT2D eigenvalue weighted by Gasteiger charge is 1.85. The third-order valence-corrected chi connectivity index (χ3v) is 1.52. The van der Waals surface area contributed by atoms with Crippen molar-refractivity contribution in [3.8, 4) is 5.75 Å². The Bertz CT molecular complexity index is 196. The maximum Gasteiger partial charge on any atom is 0.123 e. The molecule has 0 saturated carbocycles. The van der Waals surface area contributed by atoms with Gasteiger partial charge in [0.1, 0.15) is 5.75 Å². The van der Waals surface area contributed by atoms with Crippen molar-refractivity contribution in [1.29, 1.82) is 0 Å². The number of hydrogen-bond donors (Lipinski definition) is 0. The van der Waals surface area contributed by atoms with Gasteiger partial charge in [0.25, 0.3) is 0 Å². The number of hydrogen-bond acceptors (Lipinski definition) is 1. The smallest absolute Gasteiger partial charge is 0.123 e. The molecule has 2 heteroatoms. The lowest BCUT2D eigenvalue weighted by molar-refractivity contribution is 0.638. The summed E-state index contributed by atoms with van der Waals surface area (Å²) < 4.78 is 5.26. The van der Waals surface area contributed by atoms with Gasteiger partial charge >= 0.3 is 0 Å². The topological polar surface area (TPSA) is 9.23 Å². The van der Waals surface area contributed by atoms with E-state index in [1.165, 1.54) is 0 Å². The van der Waals surface area contributed by atoms with Gasteiger partial charge in [0.2, 0.25) is 0 Å². The SMILES string of the molecule is C=CPOc1ccccc1. The average Bonchev–Trinajstić information content (AvgIpc) is 2.03. The zero-order valence-corrected chi connectivity index (χ0v) is 6.58. The fourth-order valence-corrected chi connectivity index (χ4v) is 0.954. The first-order chi connectivity index (χ1) is 4.93. The molecule has 0 spiro atoms. The van der Waals surface area contributed by atoms with Crippen LogP contribution in [0.15, 0.2) is 42.7 Å². The van der Waals surface area contributed by atoms with Gasteiger partial charge in [-0.3, -0.25) is 0 Å². The first kappa shape index (κ1) is 7.30. The van der Waals surface area contributed by atoms with Crippen molar-refractivity contribution in [2.75, 3.05) is 0 Å². The van der Waals surface area contributed by atoms with Gasteiger partial charge in [0.05, 0.1) is 8.81 Å². The summed E-state index contributed by atoms with van der Waals surface area (Å²) in [6.45, 7) is 3.56. The summed E-state index contributed by atoms with van der Waals surface area (Å²) in [7, 11) is 0.356. The van der Waals surface area contributed by atoms with Gasteiger partial charge in [-0.1, -0.05) is 24.8 Å². The van der Waals surface area contributed by atoms with Crippen LogP contribution in [0.3, 0.4) is 0 Å². The Morgan fingerprint density at radius 3 is 2.60 bits per heavy atom. The quantitative estimate of drug-likeness (QED) is 0.605. The van der Waals surface area contributed by atoms with Crippen molar-refractivity contribution in [2.24, 2.45) is 0 Å². The minimum atomic E-state index is 0.356. The Hall–Kier alpha value is -0.810. The van der Waals surface area contributed by atoms with Crippen molar-refractivity contribution >= 4 is 8.81 Å². The van der Waals surface area contributed by atoms with Gasteiger partial charge in [0.15, 0.2) is 0 Å². The molecule has 1 unspecified atom stereocenters. The van der Waals surface area contributed by atoms with Gasteiger partial charge in [-0.15, -0.1) is 0 Å². The molecule has 0 aliphatic carbocycles. The van der Waals surface area contributed by atoms with Crippen molar-refractivity contribution < 1.29 is 4.52 Å². The van der Waals surface area contributed by atoms with Crippen LogP contribution in [0.2, 0.25) is 0 Å². The Balaban J connectivity index is 2.50. The first-order valence-corrected chi connectivity index (χ1v) is 4.00. The molecule has 1 aromatic carbocycles. The fourth-order valence-electron chi connectivity index (χ4n) is 0.598. The number of rotatable bonds is 3. The molecule has 1 atom stereocenters. The number of para-hydroxylation sites is 1. The summed E-state index contributed by atoms with van der Waals surface area (Å²) >= 11 is 0. The maximum absolute atomic E-state index is 5.26. The summed E-state index contributed by atoms with van der Waals surface area (Å²) in [5, 5.41) is 0. The molecule has 0 aliphatic rings. The first-order valence-electron chi connectivity index (χ1n) is 3.02. The van der Waals surface area contributed by atoms with Gasteiger partial charge in [-0.05, 0) is 17.9 Å². The van der Waals surface area contributed by atoms with E-state index in [9.17, 15) is 0 Å². The molecule has 0 saturated heterocycles. The largest absolute Gasteiger partial charge is 0.473 e. The summed E-state index contributed by atoms with van der Waals surface area (Å²) in [6.07, 6.45) is 0. The molecule has 0 aliphatic heterocycles. The minimum absolute atomic E-state index is 0.356. The van der Waals surface area contributed by atoms with Crippen LogP contribution in [0.25, 0.3) is 0 Å². The van der Waals surface area contributed by atoms with E-state index in [2.05, 4.69) is 6.58 Å². The Labute approximate surface area is 62.6 Å². The van der Waals surface area contributed by atoms with Crippen LogP contribution in [0.5, 0.6) is 5.75 Å². The summed E-state index contributed by atoms with van der Waals surface area (Å²) in [5.41, 5.74) is 0. The fraction of sp³-hybridized carbons (Fsp3) is 0. The second-order valence-electron chi connectivity index (χ2n) is 1.74. The van der Waals surface area contributed by atoms with Crippen LogP contribution in [0.4, 0.5) is 0 Å². The Morgan fingerprint density at radius 2 is 2.00 bits per heavy atom. The molecule has 0 amide bonds. The monoisotopic (exact) mass is 152 g/mol. The molecule has 0 bridgehead atoms. The van der Waals surface area contributed by atoms with Crippen molar-refractivity contribution in [2.45, 2.75) is 0 Å². The van der Waals surface area contributed by atoms with Crippen LogP contribution in [0, 0.1) is 0 Å². The molecular weight excluding hydrogens is 143 g/mol. The second kappa shape index (κ2) is 4.08. The van der Waals surface area contributed by atoms with E-state index in [-0.39, 0.29) is 0 Å². The predicted molar refractivity (Wildman–Crippen MR) is 45.6 cm³/mol. The lowest BCUT2D eigenvalue weighted by atomic mass is 10.3. The molecule has 0 heterocycles. The van der Waals surface area contributed by atoms with Gasteiger partial charge in [-0.2, -0.15) is 0 Å². The number of benzene rings is 1. The second-order valence-corrected chi connectivity index (χ2v) is 2.59. The average molecular weight is 152 g/mol. The Morgan fingerprint density at radius 1 is 1.30 bits per heavy atom. The van der Waals surface area contributed by atoms with E-state index in [0.29, 0.717) is 8.81 Å². The van der Waals surface area contributed by atoms with Crippen LogP contribution < -0.4 is 4.52 Å². The highest BCUT2D eigenvalue weighted by Crippen LogP contribution is 2.19. The molecule has 1 rings (SSSR count). The molecule has 10 heavy (non-hydrogen) atoms. The van der Waals surface area contributed by atoms with E-state index < -0.39 is 0 Å². The standard InChI is InChI=1S/C8H9OP/c1-2-10-9-8-6-4-3-5-7-8/h2-7,10H,1H2. The molecule has 0 aromatic heterocycles. The van der Waals surface area contributed by atoms with Crippen LogP contribution >= 0.6 is 8.81 Å². The zero-order valence-electron chi connectivity index (χ0n) is 5.58. The lowest BCUT2D eigenvalue weighted by Crippen LogP contribution is -1.72. The van der Waals surface area contributed by atoms with E-state index in [0.717, 1.165) is 5.75 Å². The molecule has 0 fully saturated rings. The Kier molecular flexibility index (Phi) is 2.98. The third-order valence-electron chi connectivity index (χ3n) is 1.00. The van der Waals surface area contributed by atoms with Crippen LogP contribution in [-0.4, -0.2) is 0 Å². The van der Waals surface area contributed by atoms with Gasteiger partial charge < -0.3 is 4.52 Å². The van der Waals surface area contributed by atoms with Gasteiger partial charge in [-0.25, -0.2) is 0 Å². The summed E-state index contributed by atoms with van der Waals surface area (Å²) in [6, 6.07) is 9.71. The van der Waals surface area contributed by atoms with Crippen molar-refractivity contribution in [3.05, 3.63) is 42.7 Å². The highest BCUT2D eigenvalue weighted by molar-refractivity contribution is 7.36. The third kappa shape index (κ3) is 2.20.